The van der Waals surface area contributed by atoms with Crippen LogP contribution in [-0.4, -0.2) is 5.78 Å². The summed E-state index contributed by atoms with van der Waals surface area (Å²) in [5.74, 6) is 0.251. The van der Waals surface area contributed by atoms with Crippen LogP contribution >= 0.6 is 0 Å². The highest BCUT2D eigenvalue weighted by molar-refractivity contribution is 6.06. The fourth-order valence-electron chi connectivity index (χ4n) is 1.08. The van der Waals surface area contributed by atoms with Crippen LogP contribution in [0.1, 0.15) is 16.1 Å². The van der Waals surface area contributed by atoms with Gasteiger partial charge < -0.3 is 4.42 Å². The van der Waals surface area contributed by atoms with Crippen molar-refractivity contribution in [1.82, 2.24) is 0 Å². The van der Waals surface area contributed by atoms with Gasteiger partial charge in [0.25, 0.3) is 0 Å². The lowest BCUT2D eigenvalue weighted by molar-refractivity contribution is 0.101. The van der Waals surface area contributed by atoms with E-state index < -0.39 is 0 Å². The maximum absolute atomic E-state index is 11.6. The second-order valence-corrected chi connectivity index (χ2v) is 2.60. The summed E-state index contributed by atoms with van der Waals surface area (Å²) >= 11 is 0. The molecule has 0 saturated carbocycles. The Labute approximate surface area is 75.8 Å². The summed E-state index contributed by atoms with van der Waals surface area (Å²) in [6.07, 6.45) is 1.49. The Morgan fingerprint density at radius 1 is 1.31 bits per heavy atom. The fourth-order valence-corrected chi connectivity index (χ4v) is 1.08. The van der Waals surface area contributed by atoms with Gasteiger partial charge in [0.15, 0.2) is 5.76 Å². The second-order valence-electron chi connectivity index (χ2n) is 2.60. The molecule has 0 saturated heterocycles. The monoisotopic (exact) mass is 171 g/mol. The molecular formula is C11H7O2. The zero-order valence-electron chi connectivity index (χ0n) is 6.86. The highest BCUT2D eigenvalue weighted by atomic mass is 16.3. The molecule has 1 heterocycles. The summed E-state index contributed by atoms with van der Waals surface area (Å²) in [5.41, 5.74) is 0.595. The van der Waals surface area contributed by atoms with E-state index >= 15 is 0 Å². The second kappa shape index (κ2) is 3.27. The summed E-state index contributed by atoms with van der Waals surface area (Å²) in [7, 11) is 0. The molecule has 0 atom stereocenters. The molecule has 0 fully saturated rings. The Kier molecular flexibility index (Phi) is 1.96. The Morgan fingerprint density at radius 3 is 2.85 bits per heavy atom. The number of hydrogen-bond donors (Lipinski definition) is 0. The SMILES string of the molecule is O=C(c1c[c]ccc1)c1ccco1. The molecule has 0 aliphatic rings. The molecule has 2 nitrogen and oxygen atoms in total. The van der Waals surface area contributed by atoms with Crippen LogP contribution in [0.4, 0.5) is 0 Å². The molecule has 13 heavy (non-hydrogen) atoms. The van der Waals surface area contributed by atoms with Gasteiger partial charge in [0.2, 0.25) is 5.78 Å². The van der Waals surface area contributed by atoms with Crippen molar-refractivity contribution in [3.05, 3.63) is 60.1 Å². The molecule has 63 valence electrons. The summed E-state index contributed by atoms with van der Waals surface area (Å²) in [6, 6.07) is 13.1. The third kappa shape index (κ3) is 1.51. The topological polar surface area (TPSA) is 30.2 Å². The average molecular weight is 171 g/mol. The third-order valence-electron chi connectivity index (χ3n) is 1.71. The van der Waals surface area contributed by atoms with Crippen molar-refractivity contribution in [3.8, 4) is 0 Å². The maximum Gasteiger partial charge on any atom is 0.228 e. The molecular weight excluding hydrogens is 164 g/mol. The van der Waals surface area contributed by atoms with Crippen molar-refractivity contribution in [2.75, 3.05) is 0 Å². The van der Waals surface area contributed by atoms with Crippen LogP contribution in [0.3, 0.4) is 0 Å². The maximum atomic E-state index is 11.6. The van der Waals surface area contributed by atoms with Gasteiger partial charge in [0.1, 0.15) is 0 Å². The molecule has 2 aromatic rings. The Morgan fingerprint density at radius 2 is 2.23 bits per heavy atom. The molecule has 2 heteroatoms. The Hall–Kier alpha value is -1.83. The first kappa shape index (κ1) is 7.80. The average Bonchev–Trinajstić information content (AvgIpc) is 2.71. The van der Waals surface area contributed by atoms with Crippen LogP contribution in [-0.2, 0) is 0 Å². The van der Waals surface area contributed by atoms with E-state index in [0.717, 1.165) is 0 Å². The number of carbonyl (C=O) groups excluding carboxylic acids is 1. The van der Waals surface area contributed by atoms with E-state index in [4.69, 9.17) is 4.42 Å². The van der Waals surface area contributed by atoms with E-state index in [-0.39, 0.29) is 5.78 Å². The summed E-state index contributed by atoms with van der Waals surface area (Å²) < 4.78 is 4.99. The van der Waals surface area contributed by atoms with Crippen molar-refractivity contribution in [2.45, 2.75) is 0 Å². The van der Waals surface area contributed by atoms with E-state index in [1.54, 1.807) is 36.4 Å². The zero-order valence-corrected chi connectivity index (χ0v) is 6.86. The first-order valence-corrected chi connectivity index (χ1v) is 3.92. The summed E-state index contributed by atoms with van der Waals surface area (Å²) in [4.78, 5) is 11.6. The first-order chi connectivity index (χ1) is 6.38. The minimum Gasteiger partial charge on any atom is -0.461 e. The fraction of sp³-hybridized carbons (Fsp3) is 0. The van der Waals surface area contributed by atoms with Crippen molar-refractivity contribution >= 4 is 5.78 Å². The Bertz CT molecular complexity index is 387. The van der Waals surface area contributed by atoms with Gasteiger partial charge in [-0.3, -0.25) is 4.79 Å². The Balaban J connectivity index is 2.34. The van der Waals surface area contributed by atoms with Crippen molar-refractivity contribution < 1.29 is 9.21 Å². The standard InChI is InChI=1S/C11H7O2/c12-11(10-7-4-8-13-10)9-5-2-1-3-6-9/h1-2,4-8H. The highest BCUT2D eigenvalue weighted by Gasteiger charge is 2.09. The molecule has 0 N–H and O–H groups in total. The van der Waals surface area contributed by atoms with Gasteiger partial charge in [-0.2, -0.15) is 0 Å². The number of ketones is 1. The number of benzene rings is 1. The lowest BCUT2D eigenvalue weighted by Gasteiger charge is -1.94. The van der Waals surface area contributed by atoms with Crippen LogP contribution in [0.25, 0.3) is 0 Å². The van der Waals surface area contributed by atoms with E-state index in [9.17, 15) is 4.79 Å². The molecule has 1 radical (unpaired) electrons. The smallest absolute Gasteiger partial charge is 0.228 e. The van der Waals surface area contributed by atoms with Gasteiger partial charge in [-0.15, -0.1) is 0 Å². The molecule has 2 rings (SSSR count). The van der Waals surface area contributed by atoms with Gasteiger partial charge in [-0.05, 0) is 24.3 Å². The van der Waals surface area contributed by atoms with Crippen molar-refractivity contribution in [1.29, 1.82) is 0 Å². The molecule has 0 unspecified atom stereocenters. The predicted molar refractivity (Wildman–Crippen MR) is 47.4 cm³/mol. The molecule has 0 aliphatic heterocycles. The van der Waals surface area contributed by atoms with Crippen LogP contribution in [0, 0.1) is 6.07 Å². The van der Waals surface area contributed by atoms with Gasteiger partial charge >= 0.3 is 0 Å². The molecule has 0 bridgehead atoms. The van der Waals surface area contributed by atoms with Gasteiger partial charge in [0, 0.05) is 5.56 Å². The van der Waals surface area contributed by atoms with Crippen molar-refractivity contribution in [3.63, 3.8) is 0 Å². The molecule has 0 spiro atoms. The quantitative estimate of drug-likeness (QED) is 0.649. The van der Waals surface area contributed by atoms with Gasteiger partial charge in [-0.25, -0.2) is 0 Å². The minimum absolute atomic E-state index is 0.109. The normalized spacial score (nSPS) is 9.85. The van der Waals surface area contributed by atoms with Gasteiger partial charge in [0.05, 0.1) is 6.26 Å². The number of rotatable bonds is 2. The largest absolute Gasteiger partial charge is 0.461 e. The lowest BCUT2D eigenvalue weighted by Crippen LogP contribution is -1.98. The number of hydrogen-bond acceptors (Lipinski definition) is 2. The minimum atomic E-state index is -0.109. The number of carbonyl (C=O) groups is 1. The van der Waals surface area contributed by atoms with E-state index in [2.05, 4.69) is 6.07 Å². The number of furan rings is 1. The molecule has 0 aliphatic carbocycles. The van der Waals surface area contributed by atoms with Crippen LogP contribution in [0.2, 0.25) is 0 Å². The molecule has 1 aromatic heterocycles. The van der Waals surface area contributed by atoms with E-state index in [0.29, 0.717) is 11.3 Å². The lowest BCUT2D eigenvalue weighted by atomic mass is 10.1. The third-order valence-corrected chi connectivity index (χ3v) is 1.71. The molecule has 1 aromatic carbocycles. The first-order valence-electron chi connectivity index (χ1n) is 3.92. The van der Waals surface area contributed by atoms with Crippen molar-refractivity contribution in [2.24, 2.45) is 0 Å². The van der Waals surface area contributed by atoms with Gasteiger partial charge in [-0.1, -0.05) is 18.2 Å². The van der Waals surface area contributed by atoms with E-state index in [1.165, 1.54) is 6.26 Å². The molecule has 0 amide bonds. The zero-order chi connectivity index (χ0) is 9.10. The van der Waals surface area contributed by atoms with Crippen LogP contribution in [0.5, 0.6) is 0 Å². The van der Waals surface area contributed by atoms with Crippen LogP contribution < -0.4 is 0 Å². The summed E-state index contributed by atoms with van der Waals surface area (Å²) in [6.45, 7) is 0. The highest BCUT2D eigenvalue weighted by Crippen LogP contribution is 2.08. The predicted octanol–water partition coefficient (Wildman–Crippen LogP) is 2.31. The van der Waals surface area contributed by atoms with E-state index in [1.807, 2.05) is 0 Å². The summed E-state index contributed by atoms with van der Waals surface area (Å²) in [5, 5.41) is 0. The van der Waals surface area contributed by atoms with Crippen LogP contribution in [0.15, 0.2) is 47.1 Å².